The van der Waals surface area contributed by atoms with E-state index in [0.717, 1.165) is 0 Å². The number of Topliss-reactive ketones (excluding diaryl/α,β-unsaturated/α-hetero) is 2. The number of hydrogen-bond donors (Lipinski definition) is 2. The van der Waals surface area contributed by atoms with Crippen molar-refractivity contribution < 1.29 is 48.0 Å². The molecule has 0 fully saturated rings. The summed E-state index contributed by atoms with van der Waals surface area (Å²) in [5, 5.41) is 12.2. The molecule has 0 bridgehead atoms. The summed E-state index contributed by atoms with van der Waals surface area (Å²) >= 11 is 6.56. The Morgan fingerprint density at radius 1 is 1.10 bits per heavy atom. The van der Waals surface area contributed by atoms with Gasteiger partial charge < -0.3 is 34.1 Å². The summed E-state index contributed by atoms with van der Waals surface area (Å²) in [5.74, 6) is -3.99. The summed E-state index contributed by atoms with van der Waals surface area (Å²) in [5.41, 5.74) is -0.0548. The first-order valence-corrected chi connectivity index (χ1v) is 13.3. The van der Waals surface area contributed by atoms with Crippen LogP contribution in [0.5, 0.6) is 23.0 Å². The van der Waals surface area contributed by atoms with E-state index in [-0.39, 0.29) is 51.2 Å². The van der Waals surface area contributed by atoms with E-state index in [0.29, 0.717) is 17.0 Å². The van der Waals surface area contributed by atoms with Crippen molar-refractivity contribution in [3.8, 4) is 23.0 Å². The highest BCUT2D eigenvalue weighted by atomic mass is 35.5. The minimum atomic E-state index is -1.98. The lowest BCUT2D eigenvalue weighted by atomic mass is 9.65. The van der Waals surface area contributed by atoms with Gasteiger partial charge in [0.15, 0.2) is 12.4 Å². The third kappa shape index (κ3) is 4.27. The van der Waals surface area contributed by atoms with E-state index in [1.807, 2.05) is 0 Å². The minimum absolute atomic E-state index is 0.0118. The van der Waals surface area contributed by atoms with E-state index < -0.39 is 47.5 Å². The minimum Gasteiger partial charge on any atom is -0.496 e. The molecule has 2 N–H and O–H groups in total. The zero-order valence-corrected chi connectivity index (χ0v) is 24.2. The summed E-state index contributed by atoms with van der Waals surface area (Å²) in [6.07, 6.45) is 0.236. The number of benzene rings is 2. The van der Waals surface area contributed by atoms with E-state index in [9.17, 15) is 19.2 Å². The van der Waals surface area contributed by atoms with Crippen LogP contribution in [0.3, 0.4) is 0 Å². The van der Waals surface area contributed by atoms with Gasteiger partial charge >= 0.3 is 11.9 Å². The van der Waals surface area contributed by atoms with Gasteiger partial charge in [-0.1, -0.05) is 30.7 Å². The summed E-state index contributed by atoms with van der Waals surface area (Å²) in [6.45, 7) is 2.91. The maximum atomic E-state index is 14.7. The van der Waals surface area contributed by atoms with Crippen molar-refractivity contribution in [2.24, 2.45) is 5.92 Å². The number of halogens is 1. The SMILES string of the molecule is COC(=O)C1=C(C)NC2=C(C(=O)[C@@]3(Oc4c(Cl)c(OC)cc(OC)c4C3=O)[C@H](C)C2)C1c1ccc(OCC(=O)O)cc1. The van der Waals surface area contributed by atoms with Gasteiger partial charge in [-0.25, -0.2) is 9.59 Å². The fourth-order valence-electron chi connectivity index (χ4n) is 5.89. The van der Waals surface area contributed by atoms with Crippen molar-refractivity contribution >= 4 is 35.1 Å². The molecule has 5 rings (SSSR count). The molecule has 0 radical (unpaired) electrons. The smallest absolute Gasteiger partial charge is 0.341 e. The molecular formula is C30H28ClNO10. The number of dihydropyridines is 1. The number of ketones is 2. The largest absolute Gasteiger partial charge is 0.496 e. The van der Waals surface area contributed by atoms with Crippen LogP contribution >= 0.6 is 11.6 Å². The van der Waals surface area contributed by atoms with Gasteiger partial charge in [-0.2, -0.15) is 0 Å². The third-order valence-electron chi connectivity index (χ3n) is 7.83. The number of carboxylic acid groups (broad SMARTS) is 1. The summed E-state index contributed by atoms with van der Waals surface area (Å²) in [6, 6.07) is 7.80. The van der Waals surface area contributed by atoms with E-state index in [2.05, 4.69) is 5.32 Å². The van der Waals surface area contributed by atoms with Gasteiger partial charge in [0.2, 0.25) is 17.2 Å². The zero-order valence-electron chi connectivity index (χ0n) is 23.5. The lowest BCUT2D eigenvalue weighted by Crippen LogP contribution is -2.58. The van der Waals surface area contributed by atoms with Gasteiger partial charge in [-0.05, 0) is 31.0 Å². The fourth-order valence-corrected chi connectivity index (χ4v) is 6.15. The molecule has 42 heavy (non-hydrogen) atoms. The maximum Gasteiger partial charge on any atom is 0.341 e. The first kappa shape index (κ1) is 29.0. The van der Waals surface area contributed by atoms with Crippen molar-refractivity contribution in [1.29, 1.82) is 0 Å². The van der Waals surface area contributed by atoms with Crippen molar-refractivity contribution in [3.05, 3.63) is 69.0 Å². The van der Waals surface area contributed by atoms with E-state index in [1.54, 1.807) is 38.1 Å². The number of carboxylic acids is 1. The lowest BCUT2D eigenvalue weighted by molar-refractivity contribution is -0.139. The summed E-state index contributed by atoms with van der Waals surface area (Å²) < 4.78 is 27.4. The first-order chi connectivity index (χ1) is 20.0. The molecule has 1 spiro atoms. The third-order valence-corrected chi connectivity index (χ3v) is 8.19. The fraction of sp³-hybridized carbons (Fsp3) is 0.333. The molecule has 2 heterocycles. The standard InChI is InChI=1S/C30H28ClNO10/c1-13-10-17-23(27(35)30(13)28(36)24-18(38-3)11-19(39-4)25(31)26(24)42-30)22(21(14(2)32-17)29(37)40-5)15-6-8-16(9-7-15)41-12-20(33)34/h6-9,11,13,22,32H,10,12H2,1-5H3,(H,33,34)/t13-,22?,30+/m1/s1. The van der Waals surface area contributed by atoms with Gasteiger partial charge in [0, 0.05) is 34.9 Å². The number of carbonyl (C=O) groups excluding carboxylic acids is 3. The Hall–Kier alpha value is -4.51. The molecule has 0 amide bonds. The zero-order chi connectivity index (χ0) is 30.5. The Balaban J connectivity index is 1.65. The molecule has 3 atom stereocenters. The molecule has 11 nitrogen and oxygen atoms in total. The van der Waals surface area contributed by atoms with Crippen molar-refractivity contribution in [2.45, 2.75) is 31.8 Å². The molecule has 2 aromatic carbocycles. The Labute approximate surface area is 246 Å². The number of carbonyl (C=O) groups is 4. The van der Waals surface area contributed by atoms with Crippen molar-refractivity contribution in [1.82, 2.24) is 5.32 Å². The number of methoxy groups -OCH3 is 3. The second-order valence-corrected chi connectivity index (χ2v) is 10.5. The number of rotatable bonds is 7. The molecule has 2 aromatic rings. The Morgan fingerprint density at radius 3 is 2.36 bits per heavy atom. The van der Waals surface area contributed by atoms with Crippen LogP contribution < -0.4 is 24.3 Å². The average Bonchev–Trinajstić information content (AvgIpc) is 3.29. The van der Waals surface area contributed by atoms with Gasteiger partial charge in [-0.3, -0.25) is 9.59 Å². The molecule has 0 saturated heterocycles. The topological polar surface area (TPSA) is 147 Å². The Bertz CT molecular complexity index is 1590. The highest BCUT2D eigenvalue weighted by Crippen LogP contribution is 2.56. The van der Waals surface area contributed by atoms with Gasteiger partial charge in [-0.15, -0.1) is 0 Å². The molecule has 2 aliphatic heterocycles. The molecule has 0 saturated carbocycles. The van der Waals surface area contributed by atoms with Crippen molar-refractivity contribution in [2.75, 3.05) is 27.9 Å². The van der Waals surface area contributed by atoms with Crippen LogP contribution in [0.25, 0.3) is 0 Å². The van der Waals surface area contributed by atoms with Crippen LogP contribution in [0, 0.1) is 5.92 Å². The normalized spacial score (nSPS) is 22.7. The molecule has 1 unspecified atom stereocenters. The van der Waals surface area contributed by atoms with Crippen molar-refractivity contribution in [3.63, 3.8) is 0 Å². The Kier molecular flexibility index (Phi) is 7.40. The number of fused-ring (bicyclic) bond motifs is 1. The van der Waals surface area contributed by atoms with Crippen LogP contribution in [-0.4, -0.2) is 62.1 Å². The quantitative estimate of drug-likeness (QED) is 0.354. The highest BCUT2D eigenvalue weighted by Gasteiger charge is 2.63. The number of aliphatic carboxylic acids is 1. The molecule has 220 valence electrons. The number of ether oxygens (including phenoxy) is 5. The summed E-state index contributed by atoms with van der Waals surface area (Å²) in [7, 11) is 4.03. The van der Waals surface area contributed by atoms with Gasteiger partial charge in [0.05, 0.1) is 26.9 Å². The number of allylic oxidation sites excluding steroid dienone is 2. The van der Waals surface area contributed by atoms with E-state index in [4.69, 9.17) is 40.4 Å². The molecular weight excluding hydrogens is 570 g/mol. The maximum absolute atomic E-state index is 14.7. The van der Waals surface area contributed by atoms with Crippen LogP contribution in [0.2, 0.25) is 5.02 Å². The number of hydrogen-bond acceptors (Lipinski definition) is 10. The van der Waals surface area contributed by atoms with Crippen LogP contribution in [-0.2, 0) is 19.1 Å². The molecule has 12 heteroatoms. The first-order valence-electron chi connectivity index (χ1n) is 13.0. The van der Waals surface area contributed by atoms with Crippen LogP contribution in [0.15, 0.2) is 52.9 Å². The van der Waals surface area contributed by atoms with Crippen LogP contribution in [0.1, 0.15) is 42.1 Å². The predicted molar refractivity (Wildman–Crippen MR) is 148 cm³/mol. The van der Waals surface area contributed by atoms with E-state index in [1.165, 1.54) is 27.4 Å². The van der Waals surface area contributed by atoms with Gasteiger partial charge in [0.25, 0.3) is 0 Å². The summed E-state index contributed by atoms with van der Waals surface area (Å²) in [4.78, 5) is 53.0. The molecule has 0 aromatic heterocycles. The predicted octanol–water partition coefficient (Wildman–Crippen LogP) is 3.83. The monoisotopic (exact) mass is 597 g/mol. The number of nitrogens with one attached hydrogen (secondary N) is 1. The average molecular weight is 598 g/mol. The second-order valence-electron chi connectivity index (χ2n) is 10.1. The van der Waals surface area contributed by atoms with Crippen LogP contribution in [0.4, 0.5) is 0 Å². The number of esters is 1. The highest BCUT2D eigenvalue weighted by molar-refractivity contribution is 6.36. The second kappa shape index (κ2) is 10.7. The molecule has 1 aliphatic carbocycles. The van der Waals surface area contributed by atoms with E-state index >= 15 is 0 Å². The van der Waals surface area contributed by atoms with Gasteiger partial charge in [0.1, 0.15) is 27.8 Å². The lowest BCUT2D eigenvalue weighted by Gasteiger charge is -2.42. The Morgan fingerprint density at radius 2 is 1.76 bits per heavy atom. The molecule has 3 aliphatic rings.